The topological polar surface area (TPSA) is 38.3 Å². The van der Waals surface area contributed by atoms with E-state index in [0.29, 0.717) is 16.2 Å². The van der Waals surface area contributed by atoms with E-state index < -0.39 is 6.10 Å². The highest BCUT2D eigenvalue weighted by Gasteiger charge is 2.32. The van der Waals surface area contributed by atoms with Gasteiger partial charge in [0, 0.05) is 11.1 Å². The highest BCUT2D eigenvalue weighted by Crippen LogP contribution is 2.37. The van der Waals surface area contributed by atoms with Crippen molar-refractivity contribution >= 4 is 33.4 Å². The van der Waals surface area contributed by atoms with Gasteiger partial charge in [0.1, 0.15) is 5.75 Å². The summed E-state index contributed by atoms with van der Waals surface area (Å²) in [7, 11) is 0. The molecule has 1 aromatic carbocycles. The number of rotatable bonds is 4. The first-order valence-electron chi connectivity index (χ1n) is 7.19. The maximum absolute atomic E-state index is 12.2. The number of amides is 1. The molecule has 0 spiro atoms. The van der Waals surface area contributed by atoms with Crippen molar-refractivity contribution in [2.75, 3.05) is 0 Å². The molecule has 1 saturated carbocycles. The van der Waals surface area contributed by atoms with Gasteiger partial charge in [-0.2, -0.15) is 0 Å². The molecule has 0 aliphatic heterocycles. The lowest BCUT2D eigenvalue weighted by Gasteiger charge is -2.20. The summed E-state index contributed by atoms with van der Waals surface area (Å²) >= 11 is 9.28. The van der Waals surface area contributed by atoms with Crippen LogP contribution >= 0.6 is 27.5 Å². The lowest BCUT2D eigenvalue weighted by atomic mass is 9.92. The van der Waals surface area contributed by atoms with E-state index in [0.717, 1.165) is 23.7 Å². The number of hydrogen-bond donors (Lipinski definition) is 1. The Morgan fingerprint density at radius 1 is 1.52 bits per heavy atom. The van der Waals surface area contributed by atoms with Gasteiger partial charge < -0.3 is 10.1 Å². The molecule has 5 heteroatoms. The molecule has 0 heterocycles. The van der Waals surface area contributed by atoms with E-state index in [9.17, 15) is 4.79 Å². The zero-order valence-electron chi connectivity index (χ0n) is 12.6. The fraction of sp³-hybridized carbons (Fsp3) is 0.562. The molecular weight excluding hydrogens is 354 g/mol. The number of carbonyl (C=O) groups excluding carboxylic acids is 1. The molecule has 3 nitrogen and oxygen atoms in total. The zero-order chi connectivity index (χ0) is 15.6. The standard InChI is InChI=1S/C16H21BrClNO2/c1-10(21-14-5-4-11(18)8-13(14)17)15(20)19-12-6-7-16(2,3)9-12/h4-5,8,10,12H,6-7,9H2,1-3H3,(H,19,20). The normalized spacial score (nSPS) is 21.9. The Labute approximate surface area is 139 Å². The molecule has 1 amide bonds. The van der Waals surface area contributed by atoms with Crippen LogP contribution in [-0.2, 0) is 4.79 Å². The second-order valence-corrected chi connectivity index (χ2v) is 7.74. The summed E-state index contributed by atoms with van der Waals surface area (Å²) in [6.07, 6.45) is 2.67. The number of halogens is 2. The van der Waals surface area contributed by atoms with Crippen molar-refractivity contribution < 1.29 is 9.53 Å². The van der Waals surface area contributed by atoms with Crippen molar-refractivity contribution in [2.45, 2.75) is 52.2 Å². The van der Waals surface area contributed by atoms with Gasteiger partial charge in [-0.15, -0.1) is 0 Å². The second-order valence-electron chi connectivity index (χ2n) is 6.45. The monoisotopic (exact) mass is 373 g/mol. The highest BCUT2D eigenvalue weighted by molar-refractivity contribution is 9.10. The Kier molecular flexibility index (Phi) is 5.20. The van der Waals surface area contributed by atoms with Crippen LogP contribution in [0.5, 0.6) is 5.75 Å². The van der Waals surface area contributed by atoms with Crippen LogP contribution in [0.15, 0.2) is 22.7 Å². The molecule has 0 radical (unpaired) electrons. The third-order valence-electron chi connectivity index (χ3n) is 3.88. The number of hydrogen-bond acceptors (Lipinski definition) is 2. The predicted octanol–water partition coefficient (Wildman–Crippen LogP) is 4.56. The average molecular weight is 375 g/mol. The first-order valence-corrected chi connectivity index (χ1v) is 8.36. The average Bonchev–Trinajstić information content (AvgIpc) is 2.72. The van der Waals surface area contributed by atoms with Gasteiger partial charge in [0.05, 0.1) is 4.47 Å². The third-order valence-corrected chi connectivity index (χ3v) is 4.74. The van der Waals surface area contributed by atoms with E-state index in [1.54, 1.807) is 25.1 Å². The molecule has 2 rings (SSSR count). The van der Waals surface area contributed by atoms with Gasteiger partial charge in [-0.05, 0) is 65.7 Å². The number of benzene rings is 1. The smallest absolute Gasteiger partial charge is 0.260 e. The number of ether oxygens (including phenoxy) is 1. The maximum atomic E-state index is 12.2. The molecular formula is C16H21BrClNO2. The van der Waals surface area contributed by atoms with Crippen molar-refractivity contribution in [1.29, 1.82) is 0 Å². The van der Waals surface area contributed by atoms with Gasteiger partial charge in [0.15, 0.2) is 6.10 Å². The Morgan fingerprint density at radius 2 is 2.24 bits per heavy atom. The van der Waals surface area contributed by atoms with E-state index in [2.05, 4.69) is 35.1 Å². The van der Waals surface area contributed by atoms with E-state index in [1.165, 1.54) is 0 Å². The first-order chi connectivity index (χ1) is 9.77. The molecule has 1 aliphatic carbocycles. The summed E-state index contributed by atoms with van der Waals surface area (Å²) in [6.45, 7) is 6.24. The molecule has 116 valence electrons. The fourth-order valence-electron chi connectivity index (χ4n) is 2.69. The van der Waals surface area contributed by atoms with E-state index in [1.807, 2.05) is 0 Å². The third kappa shape index (κ3) is 4.62. The maximum Gasteiger partial charge on any atom is 0.260 e. The summed E-state index contributed by atoms with van der Waals surface area (Å²) in [5.74, 6) is 0.549. The number of nitrogens with one attached hydrogen (secondary N) is 1. The fourth-order valence-corrected chi connectivity index (χ4v) is 3.47. The van der Waals surface area contributed by atoms with Crippen LogP contribution in [0.2, 0.25) is 5.02 Å². The molecule has 21 heavy (non-hydrogen) atoms. The molecule has 0 saturated heterocycles. The zero-order valence-corrected chi connectivity index (χ0v) is 14.9. The summed E-state index contributed by atoms with van der Waals surface area (Å²) < 4.78 is 6.45. The van der Waals surface area contributed by atoms with E-state index in [4.69, 9.17) is 16.3 Å². The van der Waals surface area contributed by atoms with Crippen molar-refractivity contribution in [3.05, 3.63) is 27.7 Å². The molecule has 0 aromatic heterocycles. The van der Waals surface area contributed by atoms with Crippen LogP contribution in [0.25, 0.3) is 0 Å². The minimum absolute atomic E-state index is 0.0699. The van der Waals surface area contributed by atoms with Gasteiger partial charge in [0.2, 0.25) is 0 Å². The van der Waals surface area contributed by atoms with Crippen LogP contribution in [0.3, 0.4) is 0 Å². The van der Waals surface area contributed by atoms with Gasteiger partial charge in [-0.1, -0.05) is 25.4 Å². The minimum Gasteiger partial charge on any atom is -0.480 e. The van der Waals surface area contributed by atoms with Gasteiger partial charge in [0.25, 0.3) is 5.91 Å². The Hall–Kier alpha value is -0.740. The molecule has 1 N–H and O–H groups in total. The van der Waals surface area contributed by atoms with Crippen molar-refractivity contribution in [3.63, 3.8) is 0 Å². The predicted molar refractivity (Wildman–Crippen MR) is 88.8 cm³/mol. The SMILES string of the molecule is CC(Oc1ccc(Cl)cc1Br)C(=O)NC1CCC(C)(C)C1. The molecule has 2 atom stereocenters. The summed E-state index contributed by atoms with van der Waals surface area (Å²) in [6, 6.07) is 5.51. The quantitative estimate of drug-likeness (QED) is 0.838. The summed E-state index contributed by atoms with van der Waals surface area (Å²) in [5.41, 5.74) is 0.321. The lowest BCUT2D eigenvalue weighted by molar-refractivity contribution is -0.128. The van der Waals surface area contributed by atoms with Gasteiger partial charge in [-0.3, -0.25) is 4.79 Å². The molecule has 1 aromatic rings. The van der Waals surface area contributed by atoms with Crippen molar-refractivity contribution in [1.82, 2.24) is 5.32 Å². The molecule has 1 aliphatic rings. The van der Waals surface area contributed by atoms with Crippen molar-refractivity contribution in [2.24, 2.45) is 5.41 Å². The Balaban J connectivity index is 1.91. The first kappa shape index (κ1) is 16.6. The molecule has 0 bridgehead atoms. The van der Waals surface area contributed by atoms with Gasteiger partial charge in [-0.25, -0.2) is 0 Å². The van der Waals surface area contributed by atoms with Crippen LogP contribution in [0.4, 0.5) is 0 Å². The summed E-state index contributed by atoms with van der Waals surface area (Å²) in [4.78, 5) is 12.2. The Morgan fingerprint density at radius 3 is 2.81 bits per heavy atom. The summed E-state index contributed by atoms with van der Waals surface area (Å²) in [5, 5.41) is 3.70. The van der Waals surface area contributed by atoms with Gasteiger partial charge >= 0.3 is 0 Å². The number of carbonyl (C=O) groups is 1. The minimum atomic E-state index is -0.536. The van der Waals surface area contributed by atoms with Crippen LogP contribution in [-0.4, -0.2) is 18.1 Å². The highest BCUT2D eigenvalue weighted by atomic mass is 79.9. The van der Waals surface area contributed by atoms with Crippen LogP contribution in [0.1, 0.15) is 40.0 Å². The van der Waals surface area contributed by atoms with Crippen LogP contribution < -0.4 is 10.1 Å². The largest absolute Gasteiger partial charge is 0.480 e. The van der Waals surface area contributed by atoms with Crippen LogP contribution in [0, 0.1) is 5.41 Å². The van der Waals surface area contributed by atoms with E-state index >= 15 is 0 Å². The molecule has 1 fully saturated rings. The lowest BCUT2D eigenvalue weighted by Crippen LogP contribution is -2.41. The van der Waals surface area contributed by atoms with Crippen molar-refractivity contribution in [3.8, 4) is 5.75 Å². The second kappa shape index (κ2) is 6.57. The molecule has 2 unspecified atom stereocenters. The van der Waals surface area contributed by atoms with E-state index in [-0.39, 0.29) is 11.9 Å². The Bertz CT molecular complexity index is 533.